The molecule has 1 N–H and O–H groups in total. The van der Waals surface area contributed by atoms with Crippen LogP contribution < -0.4 is 0 Å². The number of carbonyl (C=O) groups is 1. The molecule has 0 radical (unpaired) electrons. The summed E-state index contributed by atoms with van der Waals surface area (Å²) in [5, 5.41) is 18.1. The molecule has 0 fully saturated rings. The van der Waals surface area contributed by atoms with Crippen molar-refractivity contribution in [3.8, 4) is 11.3 Å². The van der Waals surface area contributed by atoms with Crippen molar-refractivity contribution < 1.29 is 18.8 Å². The third-order valence-corrected chi connectivity index (χ3v) is 5.15. The second kappa shape index (κ2) is 8.03. The Bertz CT molecular complexity index is 1080. The first-order valence-corrected chi connectivity index (χ1v) is 9.39. The molecule has 0 bridgehead atoms. The fourth-order valence-electron chi connectivity index (χ4n) is 3.76. The van der Waals surface area contributed by atoms with Crippen LogP contribution in [0.15, 0.2) is 48.5 Å². The molecule has 2 heterocycles. The molecule has 1 amide bonds. The van der Waals surface area contributed by atoms with E-state index < -0.39 is 11.0 Å². The molecule has 3 aromatic rings. The van der Waals surface area contributed by atoms with Crippen LogP contribution in [0.2, 0.25) is 0 Å². The number of aromatic nitrogens is 2. The van der Waals surface area contributed by atoms with Crippen LogP contribution in [0.4, 0.5) is 10.1 Å². The molecule has 1 aliphatic heterocycles. The number of nitro benzene ring substituents is 1. The van der Waals surface area contributed by atoms with Gasteiger partial charge in [0.15, 0.2) is 0 Å². The first kappa shape index (κ1) is 19.7. The van der Waals surface area contributed by atoms with Gasteiger partial charge in [0.2, 0.25) is 0 Å². The first-order chi connectivity index (χ1) is 14.5. The second-order valence-electron chi connectivity index (χ2n) is 6.96. The summed E-state index contributed by atoms with van der Waals surface area (Å²) in [5.41, 5.74) is 2.96. The molecule has 4 rings (SSSR count). The number of methoxy groups -OCH3 is 1. The summed E-state index contributed by atoms with van der Waals surface area (Å²) in [6.07, 6.45) is 0.643. The van der Waals surface area contributed by atoms with Gasteiger partial charge in [0.1, 0.15) is 11.5 Å². The molecule has 1 aliphatic rings. The van der Waals surface area contributed by atoms with Gasteiger partial charge in [0.05, 0.1) is 16.7 Å². The van der Waals surface area contributed by atoms with E-state index in [9.17, 15) is 19.3 Å². The van der Waals surface area contributed by atoms with Crippen molar-refractivity contribution in [3.63, 3.8) is 0 Å². The summed E-state index contributed by atoms with van der Waals surface area (Å²) < 4.78 is 18.6. The van der Waals surface area contributed by atoms with E-state index in [1.54, 1.807) is 36.3 Å². The number of nitrogens with zero attached hydrogens (tertiary/aromatic N) is 3. The van der Waals surface area contributed by atoms with Gasteiger partial charge in [0.25, 0.3) is 11.6 Å². The molecular weight excluding hydrogens is 391 g/mol. The maximum absolute atomic E-state index is 13.5. The van der Waals surface area contributed by atoms with Crippen LogP contribution in [-0.2, 0) is 4.74 Å². The lowest BCUT2D eigenvalue weighted by Crippen LogP contribution is -2.31. The van der Waals surface area contributed by atoms with Gasteiger partial charge >= 0.3 is 0 Å². The number of aromatic amines is 1. The second-order valence-corrected chi connectivity index (χ2v) is 6.96. The van der Waals surface area contributed by atoms with E-state index in [4.69, 9.17) is 4.74 Å². The summed E-state index contributed by atoms with van der Waals surface area (Å²) >= 11 is 0. The van der Waals surface area contributed by atoms with Gasteiger partial charge in [-0.15, -0.1) is 0 Å². The van der Waals surface area contributed by atoms with Crippen molar-refractivity contribution in [1.29, 1.82) is 0 Å². The van der Waals surface area contributed by atoms with Gasteiger partial charge in [-0.25, -0.2) is 4.39 Å². The fourth-order valence-corrected chi connectivity index (χ4v) is 3.76. The molecule has 2 aromatic carbocycles. The number of amides is 1. The number of fused-ring (bicyclic) bond motifs is 1. The Morgan fingerprint density at radius 2 is 1.90 bits per heavy atom. The Morgan fingerprint density at radius 1 is 1.20 bits per heavy atom. The van der Waals surface area contributed by atoms with Crippen molar-refractivity contribution in [2.75, 3.05) is 20.3 Å². The lowest BCUT2D eigenvalue weighted by atomic mass is 9.96. The Labute approximate surface area is 171 Å². The minimum Gasteiger partial charge on any atom is -0.385 e. The molecule has 0 aliphatic carbocycles. The normalized spacial score (nSPS) is 15.5. The summed E-state index contributed by atoms with van der Waals surface area (Å²) in [7, 11) is 1.60. The molecule has 1 atom stereocenters. The molecule has 8 nitrogen and oxygen atoms in total. The molecule has 9 heteroatoms. The number of H-pyrrole nitrogens is 1. The molecule has 0 spiro atoms. The van der Waals surface area contributed by atoms with Gasteiger partial charge in [-0.05, 0) is 36.2 Å². The number of carbonyl (C=O) groups excluding carboxylic acids is 1. The van der Waals surface area contributed by atoms with E-state index in [1.807, 2.05) is 0 Å². The largest absolute Gasteiger partial charge is 0.385 e. The highest BCUT2D eigenvalue weighted by Gasteiger charge is 2.41. The number of nitro groups is 1. The maximum atomic E-state index is 13.5. The summed E-state index contributed by atoms with van der Waals surface area (Å²) in [6, 6.07) is 11.6. The van der Waals surface area contributed by atoms with E-state index in [0.717, 1.165) is 5.56 Å². The Hall–Kier alpha value is -3.59. The molecule has 0 saturated heterocycles. The van der Waals surface area contributed by atoms with E-state index in [1.165, 1.54) is 24.3 Å². The smallest absolute Gasteiger partial charge is 0.273 e. The van der Waals surface area contributed by atoms with E-state index >= 15 is 0 Å². The van der Waals surface area contributed by atoms with Crippen LogP contribution >= 0.6 is 0 Å². The first-order valence-electron chi connectivity index (χ1n) is 9.39. The Morgan fingerprint density at radius 3 is 2.53 bits per heavy atom. The standard InChI is InChI=1S/C21H19FN4O4/c1-30-12-2-11-25-20(14-3-7-15(22)8-4-14)17-18(23-24-19(17)21(25)27)13-5-9-16(10-6-13)26(28)29/h3-10,20H,2,11-12H2,1H3,(H,23,24). The van der Waals surface area contributed by atoms with Crippen molar-refractivity contribution in [3.05, 3.63) is 81.3 Å². The average Bonchev–Trinajstić information content (AvgIpc) is 3.29. The highest BCUT2D eigenvalue weighted by atomic mass is 19.1. The predicted molar refractivity (Wildman–Crippen MR) is 106 cm³/mol. The number of hydrogen-bond acceptors (Lipinski definition) is 5. The quantitative estimate of drug-likeness (QED) is 0.364. The number of benzene rings is 2. The highest BCUT2D eigenvalue weighted by Crippen LogP contribution is 2.42. The number of rotatable bonds is 7. The van der Waals surface area contributed by atoms with Crippen LogP contribution in [-0.4, -0.2) is 46.2 Å². The zero-order valence-electron chi connectivity index (χ0n) is 16.2. The maximum Gasteiger partial charge on any atom is 0.273 e. The van der Waals surface area contributed by atoms with Crippen molar-refractivity contribution >= 4 is 11.6 Å². The lowest BCUT2D eigenvalue weighted by Gasteiger charge is -2.26. The van der Waals surface area contributed by atoms with E-state index in [2.05, 4.69) is 10.2 Å². The SMILES string of the molecule is COCCCN1C(=O)c2[nH]nc(-c3ccc([N+](=O)[O-])cc3)c2C1c1ccc(F)cc1. The van der Waals surface area contributed by atoms with Crippen LogP contribution in [0, 0.1) is 15.9 Å². The fraction of sp³-hybridized carbons (Fsp3) is 0.238. The molecular formula is C21H19FN4O4. The van der Waals surface area contributed by atoms with Crippen LogP contribution in [0.5, 0.6) is 0 Å². The van der Waals surface area contributed by atoms with Crippen LogP contribution in [0.25, 0.3) is 11.3 Å². The highest BCUT2D eigenvalue weighted by molar-refractivity contribution is 6.00. The lowest BCUT2D eigenvalue weighted by molar-refractivity contribution is -0.384. The average molecular weight is 410 g/mol. The van der Waals surface area contributed by atoms with Crippen molar-refractivity contribution in [1.82, 2.24) is 15.1 Å². The monoisotopic (exact) mass is 410 g/mol. The number of halogens is 1. The van der Waals surface area contributed by atoms with Gasteiger partial charge < -0.3 is 9.64 Å². The minimum absolute atomic E-state index is 0.0294. The number of ether oxygens (including phenoxy) is 1. The molecule has 0 saturated carbocycles. The molecule has 1 aromatic heterocycles. The minimum atomic E-state index is -0.471. The predicted octanol–water partition coefficient (Wildman–Crippen LogP) is 3.71. The van der Waals surface area contributed by atoms with Gasteiger partial charge in [-0.2, -0.15) is 5.10 Å². The molecule has 30 heavy (non-hydrogen) atoms. The van der Waals surface area contributed by atoms with Gasteiger partial charge in [-0.1, -0.05) is 12.1 Å². The molecule has 154 valence electrons. The summed E-state index contributed by atoms with van der Waals surface area (Å²) in [4.78, 5) is 25.3. The van der Waals surface area contributed by atoms with Crippen molar-refractivity contribution in [2.45, 2.75) is 12.5 Å². The summed E-state index contributed by atoms with van der Waals surface area (Å²) in [6.45, 7) is 0.957. The summed E-state index contributed by atoms with van der Waals surface area (Å²) in [5.74, 6) is -0.562. The zero-order chi connectivity index (χ0) is 21.3. The zero-order valence-corrected chi connectivity index (χ0v) is 16.2. The number of nitrogens with one attached hydrogen (secondary N) is 1. The third-order valence-electron chi connectivity index (χ3n) is 5.15. The third kappa shape index (κ3) is 3.43. The van der Waals surface area contributed by atoms with E-state index in [-0.39, 0.29) is 17.4 Å². The number of non-ortho nitro benzene ring substituents is 1. The van der Waals surface area contributed by atoms with Gasteiger partial charge in [-0.3, -0.25) is 20.0 Å². The van der Waals surface area contributed by atoms with E-state index in [0.29, 0.717) is 42.1 Å². The Balaban J connectivity index is 1.79. The van der Waals surface area contributed by atoms with Crippen molar-refractivity contribution in [2.24, 2.45) is 0 Å². The van der Waals surface area contributed by atoms with Crippen LogP contribution in [0.1, 0.15) is 34.1 Å². The number of hydrogen-bond donors (Lipinski definition) is 1. The Kier molecular flexibility index (Phi) is 5.28. The topological polar surface area (TPSA) is 101 Å². The van der Waals surface area contributed by atoms with Crippen LogP contribution in [0.3, 0.4) is 0 Å². The molecule has 1 unspecified atom stereocenters. The van der Waals surface area contributed by atoms with Gasteiger partial charge in [0, 0.05) is 43.5 Å².